The van der Waals surface area contributed by atoms with Gasteiger partial charge in [0.25, 0.3) is 5.91 Å². The average molecular weight is 608 g/mol. The zero-order valence-corrected chi connectivity index (χ0v) is 21.6. The Morgan fingerprint density at radius 1 is 1.00 bits per heavy atom. The molecule has 1 fully saturated rings. The fourth-order valence-electron chi connectivity index (χ4n) is 4.74. The summed E-state index contributed by atoms with van der Waals surface area (Å²) in [5.41, 5.74) is -4.51. The zero-order valence-electron chi connectivity index (χ0n) is 21.6. The summed E-state index contributed by atoms with van der Waals surface area (Å²) in [4.78, 5) is 44.5. The Morgan fingerprint density at radius 3 is 2.33 bits per heavy atom. The monoisotopic (exact) mass is 608 g/mol. The van der Waals surface area contributed by atoms with E-state index in [1.54, 1.807) is 0 Å². The van der Waals surface area contributed by atoms with Crippen LogP contribution >= 0.6 is 0 Å². The van der Waals surface area contributed by atoms with Crippen molar-refractivity contribution in [2.75, 3.05) is 11.4 Å². The van der Waals surface area contributed by atoms with E-state index in [1.165, 1.54) is 16.3 Å². The third-order valence-electron chi connectivity index (χ3n) is 6.81. The van der Waals surface area contributed by atoms with E-state index < -0.39 is 81.0 Å². The van der Waals surface area contributed by atoms with Gasteiger partial charge in [-0.2, -0.15) is 13.2 Å². The lowest BCUT2D eigenvalue weighted by Gasteiger charge is -2.29. The van der Waals surface area contributed by atoms with E-state index in [1.807, 2.05) is 0 Å². The molecule has 2 amide bonds. The highest BCUT2D eigenvalue weighted by Crippen LogP contribution is 2.36. The number of carbonyl (C=O) groups excluding carboxylic acids is 2. The van der Waals surface area contributed by atoms with Gasteiger partial charge in [0, 0.05) is 18.8 Å². The number of hydrogen-bond acceptors (Lipinski definition) is 5. The molecule has 2 N–H and O–H groups in total. The molecule has 1 aliphatic rings. The molecule has 5 rings (SSSR count). The van der Waals surface area contributed by atoms with E-state index in [0.29, 0.717) is 24.4 Å². The van der Waals surface area contributed by atoms with Crippen LogP contribution in [0.4, 0.5) is 36.6 Å². The van der Waals surface area contributed by atoms with Gasteiger partial charge in [-0.15, -0.1) is 0 Å². The number of halogens is 7. The Kier molecular flexibility index (Phi) is 7.69. The van der Waals surface area contributed by atoms with Crippen molar-refractivity contribution in [3.63, 3.8) is 0 Å². The van der Waals surface area contributed by atoms with Crippen molar-refractivity contribution in [2.24, 2.45) is 0 Å². The Hall–Kier alpha value is -4.79. The number of benzene rings is 2. The van der Waals surface area contributed by atoms with Crippen LogP contribution in [-0.4, -0.2) is 45.3 Å². The van der Waals surface area contributed by atoms with Gasteiger partial charge in [-0.1, -0.05) is 6.07 Å². The van der Waals surface area contributed by atoms with Crippen molar-refractivity contribution in [1.29, 1.82) is 0 Å². The Balaban J connectivity index is 1.68. The average Bonchev–Trinajstić information content (AvgIpc) is 2.92. The SMILES string of the molecule is O=C(NC(c1c(F)cccc1F)C(F)(F)F)c1cn(-c2ccc(F)cc2F)c2nc(N3CCC(O)CC3=O)ccc2c1=O. The van der Waals surface area contributed by atoms with E-state index in [-0.39, 0.29) is 30.9 Å². The molecule has 0 radical (unpaired) electrons. The molecule has 0 spiro atoms. The summed E-state index contributed by atoms with van der Waals surface area (Å²) in [6.07, 6.45) is -5.66. The number of aliphatic hydroxyl groups is 1. The van der Waals surface area contributed by atoms with Gasteiger partial charge in [0.15, 0.2) is 11.7 Å². The molecule has 15 heteroatoms. The van der Waals surface area contributed by atoms with E-state index in [4.69, 9.17) is 0 Å². The van der Waals surface area contributed by atoms with Gasteiger partial charge in [-0.3, -0.25) is 23.9 Å². The van der Waals surface area contributed by atoms with Crippen molar-refractivity contribution in [2.45, 2.75) is 31.2 Å². The molecule has 4 aromatic rings. The number of piperidine rings is 1. The van der Waals surface area contributed by atoms with Crippen LogP contribution in [0.3, 0.4) is 0 Å². The second-order valence-corrected chi connectivity index (χ2v) is 9.65. The van der Waals surface area contributed by atoms with Crippen molar-refractivity contribution in [3.8, 4) is 5.69 Å². The standard InChI is InChI=1S/C28H19F7N4O4/c29-13-4-6-20(19(32)10-13)39-12-16(27(43)37-25(28(33,34)35)23-17(30)2-1-3-18(23)31)24(42)15-5-7-21(36-26(15)39)38-9-8-14(40)11-22(38)41/h1-7,10,12,14,25,40H,8-9,11H2,(H,37,43). The zero-order chi connectivity index (χ0) is 31.2. The van der Waals surface area contributed by atoms with Crippen LogP contribution < -0.4 is 15.6 Å². The molecule has 3 heterocycles. The van der Waals surface area contributed by atoms with Gasteiger partial charge in [0.05, 0.1) is 29.2 Å². The predicted octanol–water partition coefficient (Wildman–Crippen LogP) is 4.46. The Bertz CT molecular complexity index is 1810. The molecule has 0 aliphatic carbocycles. The molecule has 1 aliphatic heterocycles. The quantitative estimate of drug-likeness (QED) is 0.326. The Morgan fingerprint density at radius 2 is 1.70 bits per heavy atom. The van der Waals surface area contributed by atoms with Gasteiger partial charge in [0.2, 0.25) is 11.3 Å². The first-order chi connectivity index (χ1) is 20.3. The van der Waals surface area contributed by atoms with Crippen LogP contribution in [0.1, 0.15) is 34.8 Å². The third-order valence-corrected chi connectivity index (χ3v) is 6.81. The number of fused-ring (bicyclic) bond motifs is 1. The normalized spacial score (nSPS) is 16.4. The molecule has 2 unspecified atom stereocenters. The topological polar surface area (TPSA) is 105 Å². The molecule has 2 aromatic heterocycles. The lowest BCUT2D eigenvalue weighted by molar-refractivity contribution is -0.156. The summed E-state index contributed by atoms with van der Waals surface area (Å²) in [5.74, 6) is -7.66. The van der Waals surface area contributed by atoms with Gasteiger partial charge in [-0.25, -0.2) is 22.5 Å². The fourth-order valence-corrected chi connectivity index (χ4v) is 4.74. The minimum absolute atomic E-state index is 0.0237. The summed E-state index contributed by atoms with van der Waals surface area (Å²) in [6, 6.07) is 3.25. The number of amides is 2. The molecular formula is C28H19F7N4O4. The maximum atomic E-state index is 14.9. The molecular weight excluding hydrogens is 589 g/mol. The maximum Gasteiger partial charge on any atom is 0.413 e. The van der Waals surface area contributed by atoms with E-state index in [2.05, 4.69) is 4.98 Å². The maximum absolute atomic E-state index is 14.9. The van der Waals surface area contributed by atoms with E-state index in [0.717, 1.165) is 28.8 Å². The van der Waals surface area contributed by atoms with E-state index in [9.17, 15) is 50.2 Å². The number of carbonyl (C=O) groups is 2. The first-order valence-corrected chi connectivity index (χ1v) is 12.6. The van der Waals surface area contributed by atoms with Gasteiger partial charge in [0.1, 0.15) is 34.7 Å². The number of aromatic nitrogens is 2. The highest BCUT2D eigenvalue weighted by atomic mass is 19.4. The van der Waals surface area contributed by atoms with E-state index >= 15 is 0 Å². The van der Waals surface area contributed by atoms with Crippen LogP contribution in [0.2, 0.25) is 0 Å². The van der Waals surface area contributed by atoms with Crippen molar-refractivity contribution < 1.29 is 45.4 Å². The highest BCUT2D eigenvalue weighted by molar-refractivity contribution is 5.98. The first kappa shape index (κ1) is 29.7. The molecule has 224 valence electrons. The second kappa shape index (κ2) is 11.1. The van der Waals surface area contributed by atoms with Crippen molar-refractivity contribution in [1.82, 2.24) is 14.9 Å². The molecule has 43 heavy (non-hydrogen) atoms. The van der Waals surface area contributed by atoms with Crippen LogP contribution in [0, 0.1) is 23.3 Å². The van der Waals surface area contributed by atoms with Gasteiger partial charge >= 0.3 is 6.18 Å². The largest absolute Gasteiger partial charge is 0.413 e. The summed E-state index contributed by atoms with van der Waals surface area (Å²) >= 11 is 0. The summed E-state index contributed by atoms with van der Waals surface area (Å²) < 4.78 is 99.8. The number of aliphatic hydroxyl groups excluding tert-OH is 1. The number of alkyl halides is 3. The van der Waals surface area contributed by atoms with Crippen LogP contribution in [0.25, 0.3) is 16.7 Å². The van der Waals surface area contributed by atoms with Gasteiger partial charge in [-0.05, 0) is 42.8 Å². The minimum Gasteiger partial charge on any atom is -0.393 e. The minimum atomic E-state index is -5.41. The molecule has 1 saturated heterocycles. The Labute approximate surface area is 237 Å². The fraction of sp³-hybridized carbons (Fsp3) is 0.214. The number of nitrogens with one attached hydrogen (secondary N) is 1. The number of pyridine rings is 2. The predicted molar refractivity (Wildman–Crippen MR) is 137 cm³/mol. The smallest absolute Gasteiger partial charge is 0.393 e. The summed E-state index contributed by atoms with van der Waals surface area (Å²) in [7, 11) is 0. The molecule has 2 atom stereocenters. The number of hydrogen-bond donors (Lipinski definition) is 2. The van der Waals surface area contributed by atoms with Crippen molar-refractivity contribution >= 4 is 28.7 Å². The number of nitrogens with zero attached hydrogens (tertiary/aromatic N) is 3. The lowest BCUT2D eigenvalue weighted by atomic mass is 10.0. The molecule has 0 bridgehead atoms. The number of rotatable bonds is 5. The third kappa shape index (κ3) is 5.67. The molecule has 0 saturated carbocycles. The van der Waals surface area contributed by atoms with Gasteiger partial charge < -0.3 is 10.4 Å². The molecule has 2 aromatic carbocycles. The summed E-state index contributed by atoms with van der Waals surface area (Å²) in [6.45, 7) is 0.0412. The second-order valence-electron chi connectivity index (χ2n) is 9.65. The van der Waals surface area contributed by atoms with Crippen LogP contribution in [-0.2, 0) is 4.79 Å². The van der Waals surface area contributed by atoms with Crippen LogP contribution in [0.5, 0.6) is 0 Å². The summed E-state index contributed by atoms with van der Waals surface area (Å²) in [5, 5.41) is 10.8. The lowest BCUT2D eigenvalue weighted by Crippen LogP contribution is -2.41. The highest BCUT2D eigenvalue weighted by Gasteiger charge is 2.45. The molecule has 8 nitrogen and oxygen atoms in total. The first-order valence-electron chi connectivity index (χ1n) is 12.6. The van der Waals surface area contributed by atoms with Crippen LogP contribution in [0.15, 0.2) is 59.5 Å². The van der Waals surface area contributed by atoms with Crippen molar-refractivity contribution in [3.05, 3.63) is 99.3 Å². The number of anilines is 1.